The summed E-state index contributed by atoms with van der Waals surface area (Å²) in [5, 5.41) is 11.6. The van der Waals surface area contributed by atoms with E-state index < -0.39 is 5.97 Å². The van der Waals surface area contributed by atoms with Crippen LogP contribution >= 0.6 is 22.6 Å². The lowest BCUT2D eigenvalue weighted by Gasteiger charge is -2.14. The van der Waals surface area contributed by atoms with Gasteiger partial charge in [0.05, 0.1) is 5.56 Å². The minimum atomic E-state index is -0.828. The van der Waals surface area contributed by atoms with Gasteiger partial charge in [-0.1, -0.05) is 25.5 Å². The van der Waals surface area contributed by atoms with Gasteiger partial charge in [0.25, 0.3) is 5.91 Å². The van der Waals surface area contributed by atoms with Crippen molar-refractivity contribution in [3.63, 3.8) is 0 Å². The molecule has 5 heteroatoms. The van der Waals surface area contributed by atoms with Crippen molar-refractivity contribution in [2.45, 2.75) is 26.7 Å². The predicted molar refractivity (Wildman–Crippen MR) is 82.3 cm³/mol. The average Bonchev–Trinajstić information content (AvgIpc) is 2.37. The van der Waals surface area contributed by atoms with E-state index in [0.717, 1.165) is 15.6 Å². The molecule has 0 aromatic heterocycles. The number of rotatable bonds is 6. The Morgan fingerprint density at radius 3 is 2.68 bits per heavy atom. The number of carboxylic acids is 1. The van der Waals surface area contributed by atoms with Gasteiger partial charge >= 0.3 is 5.97 Å². The van der Waals surface area contributed by atoms with Gasteiger partial charge in [-0.2, -0.15) is 0 Å². The number of carbonyl (C=O) groups is 2. The smallest absolute Gasteiger partial charge is 0.303 e. The second-order valence-corrected chi connectivity index (χ2v) is 5.60. The molecule has 1 unspecified atom stereocenters. The van der Waals surface area contributed by atoms with Gasteiger partial charge in [-0.3, -0.25) is 9.59 Å². The molecule has 0 fully saturated rings. The molecule has 0 saturated heterocycles. The van der Waals surface area contributed by atoms with Crippen molar-refractivity contribution >= 4 is 34.5 Å². The lowest BCUT2D eigenvalue weighted by molar-refractivity contribution is -0.138. The van der Waals surface area contributed by atoms with E-state index in [1.165, 1.54) is 0 Å². The van der Waals surface area contributed by atoms with E-state index in [-0.39, 0.29) is 18.2 Å². The fourth-order valence-corrected chi connectivity index (χ4v) is 2.37. The molecule has 0 saturated carbocycles. The molecule has 0 bridgehead atoms. The highest BCUT2D eigenvalue weighted by atomic mass is 127. The Bertz CT molecular complexity index is 474. The SMILES string of the molecule is CCC(CNC(=O)c1cccc(C)c1I)CC(=O)O. The van der Waals surface area contributed by atoms with Crippen LogP contribution in [0.5, 0.6) is 0 Å². The highest BCUT2D eigenvalue weighted by Crippen LogP contribution is 2.16. The fourth-order valence-electron chi connectivity index (χ4n) is 1.76. The van der Waals surface area contributed by atoms with Crippen LogP contribution in [0.1, 0.15) is 35.7 Å². The molecule has 0 radical (unpaired) electrons. The van der Waals surface area contributed by atoms with Gasteiger partial charge in [0.1, 0.15) is 0 Å². The maximum absolute atomic E-state index is 12.1. The van der Waals surface area contributed by atoms with Crippen LogP contribution in [-0.2, 0) is 4.79 Å². The van der Waals surface area contributed by atoms with Gasteiger partial charge < -0.3 is 10.4 Å². The molecule has 0 heterocycles. The molecule has 1 aromatic carbocycles. The molecule has 1 amide bonds. The lowest BCUT2D eigenvalue weighted by Crippen LogP contribution is -2.30. The zero-order valence-electron chi connectivity index (χ0n) is 11.1. The van der Waals surface area contributed by atoms with Crippen LogP contribution in [0.25, 0.3) is 0 Å². The van der Waals surface area contributed by atoms with Gasteiger partial charge in [0, 0.05) is 16.5 Å². The molecule has 104 valence electrons. The molecule has 4 nitrogen and oxygen atoms in total. The summed E-state index contributed by atoms with van der Waals surface area (Å²) in [6.45, 7) is 4.28. The van der Waals surface area contributed by atoms with Crippen molar-refractivity contribution in [1.29, 1.82) is 0 Å². The van der Waals surface area contributed by atoms with Crippen LogP contribution < -0.4 is 5.32 Å². The number of hydrogen-bond acceptors (Lipinski definition) is 2. The summed E-state index contributed by atoms with van der Waals surface area (Å²) in [6.07, 6.45) is 0.819. The maximum atomic E-state index is 12.1. The van der Waals surface area contributed by atoms with Gasteiger partial charge in [0.2, 0.25) is 0 Å². The predicted octanol–water partition coefficient (Wildman–Crippen LogP) is 2.83. The van der Waals surface area contributed by atoms with Crippen LogP contribution in [0, 0.1) is 16.4 Å². The molecular weight excluding hydrogens is 357 g/mol. The number of amides is 1. The van der Waals surface area contributed by atoms with Crippen molar-refractivity contribution in [2.24, 2.45) is 5.92 Å². The van der Waals surface area contributed by atoms with Crippen LogP contribution in [0.3, 0.4) is 0 Å². The number of halogens is 1. The average molecular weight is 375 g/mol. The Labute approximate surface area is 126 Å². The van der Waals surface area contributed by atoms with Crippen molar-refractivity contribution in [2.75, 3.05) is 6.54 Å². The molecule has 0 aliphatic rings. The summed E-state index contributed by atoms with van der Waals surface area (Å²) in [7, 11) is 0. The zero-order valence-corrected chi connectivity index (χ0v) is 13.2. The molecule has 0 aliphatic carbocycles. The van der Waals surface area contributed by atoms with Gasteiger partial charge in [0.15, 0.2) is 0 Å². The van der Waals surface area contributed by atoms with Crippen molar-refractivity contribution < 1.29 is 14.7 Å². The van der Waals surface area contributed by atoms with Gasteiger partial charge in [-0.25, -0.2) is 0 Å². The Hall–Kier alpha value is -1.11. The maximum Gasteiger partial charge on any atom is 0.303 e. The van der Waals surface area contributed by atoms with Crippen LogP contribution in [0.15, 0.2) is 18.2 Å². The van der Waals surface area contributed by atoms with Crippen molar-refractivity contribution in [3.05, 3.63) is 32.9 Å². The highest BCUT2D eigenvalue weighted by molar-refractivity contribution is 14.1. The first kappa shape index (κ1) is 15.9. The number of benzene rings is 1. The topological polar surface area (TPSA) is 66.4 Å². The van der Waals surface area contributed by atoms with Crippen LogP contribution in [-0.4, -0.2) is 23.5 Å². The largest absolute Gasteiger partial charge is 0.481 e. The lowest BCUT2D eigenvalue weighted by atomic mass is 10.0. The number of nitrogens with one attached hydrogen (secondary N) is 1. The standard InChI is InChI=1S/C14H18INO3/c1-3-10(7-12(17)18)8-16-14(19)11-6-4-5-9(2)13(11)15/h4-6,10H,3,7-8H2,1-2H3,(H,16,19)(H,17,18). The summed E-state index contributed by atoms with van der Waals surface area (Å²) < 4.78 is 0.934. The molecule has 0 spiro atoms. The first-order chi connectivity index (χ1) is 8.95. The Morgan fingerprint density at radius 1 is 1.42 bits per heavy atom. The second-order valence-electron chi connectivity index (χ2n) is 4.52. The highest BCUT2D eigenvalue weighted by Gasteiger charge is 2.15. The molecule has 1 aromatic rings. The van der Waals surface area contributed by atoms with Crippen molar-refractivity contribution in [1.82, 2.24) is 5.32 Å². The number of hydrogen-bond donors (Lipinski definition) is 2. The van der Waals surface area contributed by atoms with E-state index in [1.54, 1.807) is 6.07 Å². The van der Waals surface area contributed by atoms with Crippen LogP contribution in [0.4, 0.5) is 0 Å². The van der Waals surface area contributed by atoms with E-state index in [2.05, 4.69) is 27.9 Å². The minimum absolute atomic E-state index is 0.0241. The molecule has 1 rings (SSSR count). The molecule has 2 N–H and O–H groups in total. The first-order valence-corrected chi connectivity index (χ1v) is 7.28. The third kappa shape index (κ3) is 4.81. The number of carboxylic acid groups (broad SMARTS) is 1. The fraction of sp³-hybridized carbons (Fsp3) is 0.429. The second kappa shape index (κ2) is 7.47. The normalized spacial score (nSPS) is 11.9. The third-order valence-electron chi connectivity index (χ3n) is 3.03. The van der Waals surface area contributed by atoms with E-state index in [1.807, 2.05) is 26.0 Å². The van der Waals surface area contributed by atoms with E-state index >= 15 is 0 Å². The Balaban J connectivity index is 2.64. The number of carbonyl (C=O) groups excluding carboxylic acids is 1. The van der Waals surface area contributed by atoms with E-state index in [0.29, 0.717) is 12.1 Å². The summed E-state index contributed by atoms with van der Waals surface area (Å²) in [4.78, 5) is 22.7. The van der Waals surface area contributed by atoms with Gasteiger partial charge in [-0.05, 0) is 47.1 Å². The third-order valence-corrected chi connectivity index (χ3v) is 4.46. The molecule has 19 heavy (non-hydrogen) atoms. The Morgan fingerprint density at radius 2 is 2.11 bits per heavy atom. The van der Waals surface area contributed by atoms with Crippen LogP contribution in [0.2, 0.25) is 0 Å². The zero-order chi connectivity index (χ0) is 14.4. The summed E-state index contributed by atoms with van der Waals surface area (Å²) in [6, 6.07) is 5.58. The quantitative estimate of drug-likeness (QED) is 0.752. The first-order valence-electron chi connectivity index (χ1n) is 6.20. The van der Waals surface area contributed by atoms with Gasteiger partial charge in [-0.15, -0.1) is 0 Å². The summed E-state index contributed by atoms with van der Waals surface area (Å²) in [5.74, 6) is -0.993. The molecule has 0 aliphatic heterocycles. The molecule has 1 atom stereocenters. The number of aliphatic carboxylic acids is 1. The monoisotopic (exact) mass is 375 g/mol. The summed E-state index contributed by atoms with van der Waals surface area (Å²) >= 11 is 2.15. The van der Waals surface area contributed by atoms with E-state index in [4.69, 9.17) is 5.11 Å². The van der Waals surface area contributed by atoms with E-state index in [9.17, 15) is 9.59 Å². The van der Waals surface area contributed by atoms with Crippen molar-refractivity contribution in [3.8, 4) is 0 Å². The Kier molecular flexibility index (Phi) is 6.27. The molecular formula is C14H18INO3. The number of aryl methyl sites for hydroxylation is 1. The summed E-state index contributed by atoms with van der Waals surface area (Å²) in [5.41, 5.74) is 1.71. The minimum Gasteiger partial charge on any atom is -0.481 e.